The number of nitrogen functional groups attached to an aromatic ring is 1. The minimum absolute atomic E-state index is 0.0688. The van der Waals surface area contributed by atoms with Gasteiger partial charge in [-0.2, -0.15) is 0 Å². The predicted octanol–water partition coefficient (Wildman–Crippen LogP) is 1.46. The van der Waals surface area contributed by atoms with Gasteiger partial charge in [0.1, 0.15) is 0 Å². The van der Waals surface area contributed by atoms with Crippen LogP contribution in [0.4, 0.5) is 5.69 Å². The highest BCUT2D eigenvalue weighted by Gasteiger charge is 2.15. The number of carbonyl (C=O) groups is 2. The third-order valence-corrected chi connectivity index (χ3v) is 2.30. The molecule has 0 aliphatic rings. The maximum absolute atomic E-state index is 11.6. The molecule has 0 atom stereocenters. The summed E-state index contributed by atoms with van der Waals surface area (Å²) in [5.41, 5.74) is 7.03. The van der Waals surface area contributed by atoms with E-state index in [1.54, 1.807) is 25.1 Å². The average molecular weight is 237 g/mol. The van der Waals surface area contributed by atoms with Crippen LogP contribution in [0.2, 0.25) is 0 Å². The van der Waals surface area contributed by atoms with E-state index in [1.807, 2.05) is 0 Å². The van der Waals surface area contributed by atoms with Crippen molar-refractivity contribution in [3.05, 3.63) is 29.3 Å². The Morgan fingerprint density at radius 3 is 2.71 bits per heavy atom. The fraction of sp³-hybridized carbons (Fsp3) is 0.333. The summed E-state index contributed by atoms with van der Waals surface area (Å²) in [5.74, 6) is -1.40. The summed E-state index contributed by atoms with van der Waals surface area (Å²) in [4.78, 5) is 22.2. The number of esters is 1. The predicted molar refractivity (Wildman–Crippen MR) is 62.8 cm³/mol. The van der Waals surface area contributed by atoms with Crippen LogP contribution < -0.4 is 5.73 Å². The molecule has 0 aliphatic carbocycles. The summed E-state index contributed by atoms with van der Waals surface area (Å²) in [5, 5.41) is 8.64. The number of hydrogen-bond acceptors (Lipinski definition) is 4. The van der Waals surface area contributed by atoms with Crippen molar-refractivity contribution in [2.75, 3.05) is 12.3 Å². The molecule has 0 saturated carbocycles. The number of aliphatic carboxylic acids is 1. The Morgan fingerprint density at radius 1 is 1.41 bits per heavy atom. The number of benzene rings is 1. The van der Waals surface area contributed by atoms with Gasteiger partial charge < -0.3 is 15.6 Å². The van der Waals surface area contributed by atoms with Crippen LogP contribution in [0, 0.1) is 0 Å². The highest BCUT2D eigenvalue weighted by molar-refractivity contribution is 5.92. The summed E-state index contributed by atoms with van der Waals surface area (Å²) >= 11 is 0. The molecule has 1 aromatic carbocycles. The molecule has 0 unspecified atom stereocenters. The van der Waals surface area contributed by atoms with E-state index in [2.05, 4.69) is 0 Å². The minimum atomic E-state index is -0.928. The van der Waals surface area contributed by atoms with Crippen LogP contribution in [-0.4, -0.2) is 23.7 Å². The van der Waals surface area contributed by atoms with Gasteiger partial charge in [-0.3, -0.25) is 4.79 Å². The monoisotopic (exact) mass is 237 g/mol. The van der Waals surface area contributed by atoms with Crippen molar-refractivity contribution in [1.29, 1.82) is 0 Å². The Kier molecular flexibility index (Phi) is 4.51. The number of carbonyl (C=O) groups excluding carboxylic acids is 1. The third kappa shape index (κ3) is 3.48. The van der Waals surface area contributed by atoms with Crippen LogP contribution in [0.25, 0.3) is 0 Å². The third-order valence-electron chi connectivity index (χ3n) is 2.30. The van der Waals surface area contributed by atoms with Crippen molar-refractivity contribution in [2.24, 2.45) is 0 Å². The fourth-order valence-corrected chi connectivity index (χ4v) is 1.52. The van der Waals surface area contributed by atoms with Gasteiger partial charge in [-0.1, -0.05) is 6.07 Å². The van der Waals surface area contributed by atoms with Gasteiger partial charge >= 0.3 is 11.9 Å². The van der Waals surface area contributed by atoms with Gasteiger partial charge in [-0.15, -0.1) is 0 Å². The van der Waals surface area contributed by atoms with Crippen LogP contribution in [0.3, 0.4) is 0 Å². The maximum atomic E-state index is 11.6. The second kappa shape index (κ2) is 5.89. The molecule has 3 N–H and O–H groups in total. The molecule has 17 heavy (non-hydrogen) atoms. The van der Waals surface area contributed by atoms with Crippen molar-refractivity contribution in [3.8, 4) is 0 Å². The molecule has 1 rings (SSSR count). The van der Waals surface area contributed by atoms with Crippen molar-refractivity contribution in [1.82, 2.24) is 0 Å². The van der Waals surface area contributed by atoms with Gasteiger partial charge in [-0.05, 0) is 31.0 Å². The first-order valence-corrected chi connectivity index (χ1v) is 5.32. The van der Waals surface area contributed by atoms with E-state index >= 15 is 0 Å². The molecule has 0 aromatic heterocycles. The van der Waals surface area contributed by atoms with Crippen molar-refractivity contribution in [3.63, 3.8) is 0 Å². The summed E-state index contributed by atoms with van der Waals surface area (Å²) in [6.07, 6.45) is 0.150. The number of anilines is 1. The van der Waals surface area contributed by atoms with Gasteiger partial charge in [0.25, 0.3) is 0 Å². The number of rotatable bonds is 5. The van der Waals surface area contributed by atoms with E-state index in [1.165, 1.54) is 0 Å². The molecule has 0 amide bonds. The van der Waals surface area contributed by atoms with Crippen LogP contribution >= 0.6 is 0 Å². The molecule has 1 aromatic rings. The van der Waals surface area contributed by atoms with E-state index in [0.717, 1.165) is 0 Å². The fourth-order valence-electron chi connectivity index (χ4n) is 1.52. The van der Waals surface area contributed by atoms with E-state index in [4.69, 9.17) is 15.6 Å². The zero-order valence-corrected chi connectivity index (χ0v) is 9.60. The maximum Gasteiger partial charge on any atom is 0.338 e. The van der Waals surface area contributed by atoms with Gasteiger partial charge in [0, 0.05) is 12.1 Å². The Balaban J connectivity index is 2.99. The molecule has 0 radical (unpaired) electrons. The molecule has 0 saturated heterocycles. The number of nitrogens with two attached hydrogens (primary N) is 1. The second-order valence-electron chi connectivity index (χ2n) is 3.49. The normalized spacial score (nSPS) is 9.94. The first-order chi connectivity index (χ1) is 8.06. The average Bonchev–Trinajstić information content (AvgIpc) is 2.27. The molecule has 0 bridgehead atoms. The number of carboxylic acids is 1. The smallest absolute Gasteiger partial charge is 0.338 e. The number of carboxylic acid groups (broad SMARTS) is 1. The first-order valence-electron chi connectivity index (χ1n) is 5.32. The molecule has 5 heteroatoms. The Morgan fingerprint density at radius 2 is 2.12 bits per heavy atom. The Hall–Kier alpha value is -2.04. The molecule has 0 spiro atoms. The summed E-state index contributed by atoms with van der Waals surface area (Å²) in [6, 6.07) is 4.87. The minimum Gasteiger partial charge on any atom is -0.481 e. The van der Waals surface area contributed by atoms with Crippen molar-refractivity contribution < 1.29 is 19.4 Å². The van der Waals surface area contributed by atoms with Crippen LogP contribution in [0.1, 0.15) is 29.3 Å². The zero-order chi connectivity index (χ0) is 12.8. The lowest BCUT2D eigenvalue weighted by molar-refractivity contribution is -0.136. The van der Waals surface area contributed by atoms with Crippen molar-refractivity contribution >= 4 is 17.6 Å². The molecular formula is C12H15NO4. The van der Waals surface area contributed by atoms with Gasteiger partial charge in [0.15, 0.2) is 0 Å². The van der Waals surface area contributed by atoms with Crippen LogP contribution in [-0.2, 0) is 16.0 Å². The van der Waals surface area contributed by atoms with Crippen LogP contribution in [0.15, 0.2) is 18.2 Å². The second-order valence-corrected chi connectivity index (χ2v) is 3.49. The topological polar surface area (TPSA) is 89.6 Å². The lowest BCUT2D eigenvalue weighted by Gasteiger charge is -2.10. The van der Waals surface area contributed by atoms with E-state index < -0.39 is 11.9 Å². The van der Waals surface area contributed by atoms with Crippen molar-refractivity contribution in [2.45, 2.75) is 19.8 Å². The molecule has 92 valence electrons. The molecule has 0 aliphatic heterocycles. The first kappa shape index (κ1) is 13.0. The molecule has 0 heterocycles. The van der Waals surface area contributed by atoms with Crippen LogP contribution in [0.5, 0.6) is 0 Å². The molecule has 0 fully saturated rings. The lowest BCUT2D eigenvalue weighted by Crippen LogP contribution is -2.11. The van der Waals surface area contributed by atoms with E-state index in [9.17, 15) is 9.59 Å². The molecule has 5 nitrogen and oxygen atoms in total. The Bertz CT molecular complexity index is 429. The standard InChI is InChI=1S/C12H15NO4/c1-2-17-12(16)9-4-3-5-10(13)8(9)6-7-11(14)15/h3-5H,2,6-7,13H2,1H3,(H,14,15). The van der Waals surface area contributed by atoms with Gasteiger partial charge in [-0.25, -0.2) is 4.79 Å². The number of ether oxygens (including phenoxy) is 1. The lowest BCUT2D eigenvalue weighted by atomic mass is 10.0. The van der Waals surface area contributed by atoms with Gasteiger partial charge in [0.05, 0.1) is 12.2 Å². The quantitative estimate of drug-likeness (QED) is 0.597. The highest BCUT2D eigenvalue weighted by atomic mass is 16.5. The SMILES string of the molecule is CCOC(=O)c1cccc(N)c1CCC(=O)O. The highest BCUT2D eigenvalue weighted by Crippen LogP contribution is 2.20. The Labute approximate surface area is 99.2 Å². The van der Waals surface area contributed by atoms with E-state index in [-0.39, 0.29) is 19.4 Å². The van der Waals surface area contributed by atoms with Gasteiger partial charge in [0.2, 0.25) is 0 Å². The summed E-state index contributed by atoms with van der Waals surface area (Å²) in [6.45, 7) is 1.98. The number of hydrogen-bond donors (Lipinski definition) is 2. The zero-order valence-electron chi connectivity index (χ0n) is 9.60. The summed E-state index contributed by atoms with van der Waals surface area (Å²) in [7, 11) is 0. The van der Waals surface area contributed by atoms with E-state index in [0.29, 0.717) is 16.8 Å². The largest absolute Gasteiger partial charge is 0.481 e. The summed E-state index contributed by atoms with van der Waals surface area (Å²) < 4.78 is 4.89. The molecular weight excluding hydrogens is 222 g/mol.